The predicted octanol–water partition coefficient (Wildman–Crippen LogP) is 3.02. The number of nitrogens with one attached hydrogen (secondary N) is 1. The maximum absolute atomic E-state index is 13.5. The number of benzene rings is 3. The molecule has 0 saturated carbocycles. The molecular weight excluding hydrogens is 493 g/mol. The minimum absolute atomic E-state index is 0.0142. The Hall–Kier alpha value is -3.56. The van der Waals surface area contributed by atoms with Crippen LogP contribution in [-0.4, -0.2) is 61.9 Å². The molecule has 0 unspecified atom stereocenters. The van der Waals surface area contributed by atoms with E-state index in [1.807, 2.05) is 60.7 Å². The van der Waals surface area contributed by atoms with Gasteiger partial charge in [-0.25, -0.2) is 12.8 Å². The van der Waals surface area contributed by atoms with Crippen molar-refractivity contribution >= 4 is 21.8 Å². The Labute approximate surface area is 218 Å². The maximum Gasteiger partial charge on any atom is 0.243 e. The van der Waals surface area contributed by atoms with Crippen molar-refractivity contribution in [2.45, 2.75) is 25.4 Å². The molecule has 2 amide bonds. The van der Waals surface area contributed by atoms with Crippen molar-refractivity contribution in [2.75, 3.05) is 26.4 Å². The second-order valence-electron chi connectivity index (χ2n) is 8.90. The first-order valence-corrected chi connectivity index (χ1v) is 13.8. The summed E-state index contributed by atoms with van der Waals surface area (Å²) in [4.78, 5) is 28.4. The van der Waals surface area contributed by atoms with E-state index in [0.29, 0.717) is 18.5 Å². The fraction of sp³-hybridized carbons (Fsp3) is 0.286. The normalized spacial score (nSPS) is 12.2. The lowest BCUT2D eigenvalue weighted by Gasteiger charge is -2.32. The van der Waals surface area contributed by atoms with Crippen molar-refractivity contribution in [1.29, 1.82) is 0 Å². The Morgan fingerprint density at radius 3 is 2.00 bits per heavy atom. The molecule has 7 nitrogen and oxygen atoms in total. The smallest absolute Gasteiger partial charge is 0.243 e. The van der Waals surface area contributed by atoms with Gasteiger partial charge in [0.1, 0.15) is 11.9 Å². The van der Waals surface area contributed by atoms with Gasteiger partial charge < -0.3 is 10.2 Å². The van der Waals surface area contributed by atoms with Crippen LogP contribution in [0.3, 0.4) is 0 Å². The van der Waals surface area contributed by atoms with Crippen molar-refractivity contribution in [3.63, 3.8) is 0 Å². The summed E-state index contributed by atoms with van der Waals surface area (Å²) in [6, 6.07) is 23.8. The first kappa shape index (κ1) is 28.0. The molecule has 0 heterocycles. The van der Waals surface area contributed by atoms with Crippen molar-refractivity contribution < 1.29 is 22.4 Å². The monoisotopic (exact) mass is 525 g/mol. The van der Waals surface area contributed by atoms with Crippen molar-refractivity contribution in [3.8, 4) is 0 Å². The van der Waals surface area contributed by atoms with Crippen LogP contribution in [0, 0.1) is 5.82 Å². The SMILES string of the molecule is CN(CC(=O)N(Cc1ccc(F)cc1)[C@H](Cc1ccccc1)C(=O)NCCc1ccccc1)S(C)(=O)=O. The zero-order valence-electron chi connectivity index (χ0n) is 21.0. The van der Waals surface area contributed by atoms with E-state index in [0.717, 1.165) is 21.7 Å². The number of carbonyl (C=O) groups excluding carboxylic acids is 2. The van der Waals surface area contributed by atoms with Gasteiger partial charge in [0.2, 0.25) is 21.8 Å². The molecule has 0 aliphatic rings. The third kappa shape index (κ3) is 8.80. The highest BCUT2D eigenvalue weighted by Crippen LogP contribution is 2.16. The van der Waals surface area contributed by atoms with Crippen LogP contribution in [-0.2, 0) is 39.0 Å². The lowest BCUT2D eigenvalue weighted by molar-refractivity contribution is -0.141. The van der Waals surface area contributed by atoms with E-state index in [1.54, 1.807) is 12.1 Å². The van der Waals surface area contributed by atoms with Crippen LogP contribution in [0.15, 0.2) is 84.9 Å². The number of rotatable bonds is 12. The van der Waals surface area contributed by atoms with E-state index in [1.165, 1.54) is 24.1 Å². The number of amides is 2. The zero-order valence-corrected chi connectivity index (χ0v) is 21.8. The molecule has 0 spiro atoms. The summed E-state index contributed by atoms with van der Waals surface area (Å²) in [7, 11) is -2.31. The molecular formula is C28H32FN3O4S. The van der Waals surface area contributed by atoms with E-state index >= 15 is 0 Å². The Balaban J connectivity index is 1.89. The Kier molecular flexibility index (Phi) is 9.93. The molecule has 0 bridgehead atoms. The van der Waals surface area contributed by atoms with E-state index < -0.39 is 34.3 Å². The topological polar surface area (TPSA) is 86.8 Å². The first-order chi connectivity index (χ1) is 17.6. The zero-order chi connectivity index (χ0) is 26.8. The minimum Gasteiger partial charge on any atom is -0.354 e. The average Bonchev–Trinajstić information content (AvgIpc) is 2.87. The maximum atomic E-state index is 13.5. The summed E-state index contributed by atoms with van der Waals surface area (Å²) in [5.41, 5.74) is 2.53. The van der Waals surface area contributed by atoms with Crippen LogP contribution >= 0.6 is 0 Å². The molecule has 3 aromatic rings. The fourth-order valence-corrected chi connectivity index (χ4v) is 4.18. The highest BCUT2D eigenvalue weighted by atomic mass is 32.2. The van der Waals surface area contributed by atoms with Gasteiger partial charge in [0.25, 0.3) is 0 Å². The van der Waals surface area contributed by atoms with Gasteiger partial charge in [0, 0.05) is 26.6 Å². The van der Waals surface area contributed by atoms with E-state index in [-0.39, 0.29) is 18.9 Å². The highest BCUT2D eigenvalue weighted by molar-refractivity contribution is 7.88. The van der Waals surface area contributed by atoms with Crippen LogP contribution in [0.25, 0.3) is 0 Å². The number of sulfonamides is 1. The molecule has 0 fully saturated rings. The Bertz CT molecular complexity index is 1270. The minimum atomic E-state index is -3.62. The van der Waals surface area contributed by atoms with Crippen molar-refractivity contribution in [1.82, 2.24) is 14.5 Å². The largest absolute Gasteiger partial charge is 0.354 e. The Morgan fingerprint density at radius 2 is 1.43 bits per heavy atom. The molecule has 0 aliphatic carbocycles. The summed E-state index contributed by atoms with van der Waals surface area (Å²) in [5.74, 6) is -1.30. The molecule has 0 saturated heterocycles. The van der Waals surface area contributed by atoms with Gasteiger partial charge >= 0.3 is 0 Å². The van der Waals surface area contributed by atoms with E-state index in [4.69, 9.17) is 0 Å². The molecule has 3 rings (SSSR count). The molecule has 9 heteroatoms. The second kappa shape index (κ2) is 13.1. The molecule has 1 atom stereocenters. The van der Waals surface area contributed by atoms with Gasteiger partial charge in [0.15, 0.2) is 0 Å². The van der Waals surface area contributed by atoms with Crippen LogP contribution < -0.4 is 5.32 Å². The standard InChI is InChI=1S/C28H32FN3O4S/c1-31(37(2,35)36)21-27(33)32(20-24-13-15-25(29)16-14-24)26(19-23-11-7-4-8-12-23)28(34)30-18-17-22-9-5-3-6-10-22/h3-16,26H,17-21H2,1-2H3,(H,30,34)/t26-/m1/s1. The van der Waals surface area contributed by atoms with Gasteiger partial charge in [-0.2, -0.15) is 4.31 Å². The average molecular weight is 526 g/mol. The second-order valence-corrected chi connectivity index (χ2v) is 11.0. The summed E-state index contributed by atoms with van der Waals surface area (Å²) < 4.78 is 38.4. The van der Waals surface area contributed by atoms with Gasteiger partial charge in [0.05, 0.1) is 12.8 Å². The predicted molar refractivity (Wildman–Crippen MR) is 142 cm³/mol. The number of nitrogens with zero attached hydrogens (tertiary/aromatic N) is 2. The molecule has 3 aromatic carbocycles. The lowest BCUT2D eigenvalue weighted by Crippen LogP contribution is -2.53. The number of hydrogen-bond acceptors (Lipinski definition) is 4. The molecule has 196 valence electrons. The summed E-state index contributed by atoms with van der Waals surface area (Å²) in [5, 5.41) is 2.94. The lowest BCUT2D eigenvalue weighted by atomic mass is 10.0. The van der Waals surface area contributed by atoms with Gasteiger partial charge in [-0.05, 0) is 35.2 Å². The summed E-state index contributed by atoms with van der Waals surface area (Å²) in [6.07, 6.45) is 1.86. The van der Waals surface area contributed by atoms with Crippen LogP contribution in [0.2, 0.25) is 0 Å². The highest BCUT2D eigenvalue weighted by Gasteiger charge is 2.31. The molecule has 0 aliphatic heterocycles. The molecule has 1 N–H and O–H groups in total. The van der Waals surface area contributed by atoms with E-state index in [9.17, 15) is 22.4 Å². The van der Waals surface area contributed by atoms with E-state index in [2.05, 4.69) is 5.32 Å². The number of halogens is 1. The van der Waals surface area contributed by atoms with Gasteiger partial charge in [-0.1, -0.05) is 72.8 Å². The molecule has 37 heavy (non-hydrogen) atoms. The van der Waals surface area contributed by atoms with Gasteiger partial charge in [-0.15, -0.1) is 0 Å². The third-order valence-corrected chi connectivity index (χ3v) is 7.28. The Morgan fingerprint density at radius 1 is 0.865 bits per heavy atom. The molecule has 0 aromatic heterocycles. The number of carbonyl (C=O) groups is 2. The third-order valence-electron chi connectivity index (χ3n) is 6.02. The fourth-order valence-electron chi connectivity index (χ4n) is 3.83. The van der Waals surface area contributed by atoms with Crippen molar-refractivity contribution in [2.24, 2.45) is 0 Å². The first-order valence-electron chi connectivity index (χ1n) is 11.9. The summed E-state index contributed by atoms with van der Waals surface area (Å²) >= 11 is 0. The quantitative estimate of drug-likeness (QED) is 0.394. The van der Waals surface area contributed by atoms with Crippen LogP contribution in [0.5, 0.6) is 0 Å². The van der Waals surface area contributed by atoms with Crippen LogP contribution in [0.1, 0.15) is 16.7 Å². The number of hydrogen-bond donors (Lipinski definition) is 1. The number of likely N-dealkylation sites (N-methyl/N-ethyl adjacent to an activating group) is 1. The van der Waals surface area contributed by atoms with Crippen molar-refractivity contribution in [3.05, 3.63) is 107 Å². The van der Waals surface area contributed by atoms with Crippen LogP contribution in [0.4, 0.5) is 4.39 Å². The molecule has 0 radical (unpaired) electrons. The summed E-state index contributed by atoms with van der Waals surface area (Å²) in [6.45, 7) is -0.0428. The van der Waals surface area contributed by atoms with Gasteiger partial charge in [-0.3, -0.25) is 9.59 Å².